The molecule has 0 unspecified atom stereocenters. The summed E-state index contributed by atoms with van der Waals surface area (Å²) in [6.07, 6.45) is 4.91. The molecule has 0 aliphatic carbocycles. The molecule has 18 heavy (non-hydrogen) atoms. The monoisotopic (exact) mass is 259 g/mol. The van der Waals surface area contributed by atoms with Gasteiger partial charge in [0.05, 0.1) is 12.2 Å². The number of anilines is 1. The summed E-state index contributed by atoms with van der Waals surface area (Å²) in [6, 6.07) is 3.91. The van der Waals surface area contributed by atoms with Crippen LogP contribution in [0.3, 0.4) is 0 Å². The molecule has 3 N–H and O–H groups in total. The van der Waals surface area contributed by atoms with Gasteiger partial charge in [0.25, 0.3) is 0 Å². The molecule has 0 bridgehead atoms. The highest BCUT2D eigenvalue weighted by Gasteiger charge is 2.08. The van der Waals surface area contributed by atoms with Gasteiger partial charge in [-0.25, -0.2) is 9.97 Å². The molecule has 6 heteroatoms. The topological polar surface area (TPSA) is 76.7 Å². The Kier molecular flexibility index (Phi) is 3.78. The van der Waals surface area contributed by atoms with Gasteiger partial charge in [0.1, 0.15) is 10.7 Å². The normalized spacial score (nSPS) is 10.1. The van der Waals surface area contributed by atoms with Crippen LogP contribution >= 0.6 is 12.2 Å². The zero-order valence-electron chi connectivity index (χ0n) is 9.92. The smallest absolute Gasteiger partial charge is 0.155 e. The minimum atomic E-state index is 0.225. The van der Waals surface area contributed by atoms with Crippen molar-refractivity contribution in [1.29, 1.82) is 0 Å². The zero-order valence-corrected chi connectivity index (χ0v) is 10.7. The SMILES string of the molecule is Cc1cccnc1CNc1nccnc1C(N)=S. The predicted molar refractivity (Wildman–Crippen MR) is 74.2 cm³/mol. The van der Waals surface area contributed by atoms with Crippen molar-refractivity contribution in [3.63, 3.8) is 0 Å². The van der Waals surface area contributed by atoms with Crippen molar-refractivity contribution >= 4 is 23.0 Å². The fourth-order valence-corrected chi connectivity index (χ4v) is 1.67. The van der Waals surface area contributed by atoms with Crippen LogP contribution in [0, 0.1) is 6.92 Å². The fraction of sp³-hybridized carbons (Fsp3) is 0.167. The van der Waals surface area contributed by atoms with E-state index in [4.69, 9.17) is 18.0 Å². The molecule has 2 aromatic heterocycles. The van der Waals surface area contributed by atoms with E-state index in [-0.39, 0.29) is 4.99 Å². The van der Waals surface area contributed by atoms with Crippen LogP contribution in [-0.2, 0) is 6.54 Å². The lowest BCUT2D eigenvalue weighted by atomic mass is 10.2. The van der Waals surface area contributed by atoms with Gasteiger partial charge < -0.3 is 11.1 Å². The molecule has 0 radical (unpaired) electrons. The summed E-state index contributed by atoms with van der Waals surface area (Å²) >= 11 is 4.93. The molecule has 92 valence electrons. The number of hydrogen-bond donors (Lipinski definition) is 2. The first-order valence-electron chi connectivity index (χ1n) is 5.43. The standard InChI is InChI=1S/C12H13N5S/c1-8-3-2-4-14-9(8)7-17-12-10(11(13)18)15-5-6-16-12/h2-6H,7H2,1H3,(H2,13,18)(H,16,17). The number of nitrogens with zero attached hydrogens (tertiary/aromatic N) is 3. The van der Waals surface area contributed by atoms with E-state index in [0.717, 1.165) is 11.3 Å². The number of nitrogens with one attached hydrogen (secondary N) is 1. The lowest BCUT2D eigenvalue weighted by molar-refractivity contribution is 0.996. The van der Waals surface area contributed by atoms with Gasteiger partial charge in [0.15, 0.2) is 5.82 Å². The van der Waals surface area contributed by atoms with Crippen LogP contribution in [0.4, 0.5) is 5.82 Å². The third-order valence-electron chi connectivity index (χ3n) is 2.47. The van der Waals surface area contributed by atoms with E-state index < -0.39 is 0 Å². The molecule has 0 spiro atoms. The third-order valence-corrected chi connectivity index (χ3v) is 2.67. The van der Waals surface area contributed by atoms with Crippen LogP contribution < -0.4 is 11.1 Å². The van der Waals surface area contributed by atoms with Crippen LogP contribution in [0.1, 0.15) is 17.0 Å². The molecule has 2 aromatic rings. The molecule has 2 rings (SSSR count). The van der Waals surface area contributed by atoms with E-state index in [9.17, 15) is 0 Å². The number of aryl methyl sites for hydroxylation is 1. The minimum absolute atomic E-state index is 0.225. The van der Waals surface area contributed by atoms with E-state index >= 15 is 0 Å². The maximum atomic E-state index is 5.59. The Morgan fingerprint density at radius 3 is 2.78 bits per heavy atom. The summed E-state index contributed by atoms with van der Waals surface area (Å²) in [5.74, 6) is 0.579. The Morgan fingerprint density at radius 1 is 1.28 bits per heavy atom. The number of pyridine rings is 1. The molecule has 0 aliphatic heterocycles. The van der Waals surface area contributed by atoms with Gasteiger partial charge in [-0.15, -0.1) is 0 Å². The molecule has 0 fully saturated rings. The summed E-state index contributed by atoms with van der Waals surface area (Å²) in [6.45, 7) is 2.57. The number of hydrogen-bond acceptors (Lipinski definition) is 5. The molecular weight excluding hydrogens is 246 g/mol. The van der Waals surface area contributed by atoms with Gasteiger partial charge >= 0.3 is 0 Å². The highest BCUT2D eigenvalue weighted by atomic mass is 32.1. The van der Waals surface area contributed by atoms with Crippen molar-refractivity contribution in [1.82, 2.24) is 15.0 Å². The highest BCUT2D eigenvalue weighted by molar-refractivity contribution is 7.80. The van der Waals surface area contributed by atoms with Gasteiger partial charge in [0, 0.05) is 18.6 Å². The van der Waals surface area contributed by atoms with Crippen LogP contribution in [0.25, 0.3) is 0 Å². The van der Waals surface area contributed by atoms with Crippen LogP contribution in [-0.4, -0.2) is 19.9 Å². The summed E-state index contributed by atoms with van der Waals surface area (Å²) in [4.78, 5) is 12.8. The Hall–Kier alpha value is -2.08. The maximum Gasteiger partial charge on any atom is 0.155 e. The van der Waals surface area contributed by atoms with Crippen LogP contribution in [0.5, 0.6) is 0 Å². The lowest BCUT2D eigenvalue weighted by Crippen LogP contribution is -2.16. The van der Waals surface area contributed by atoms with Gasteiger partial charge in [-0.2, -0.15) is 0 Å². The van der Waals surface area contributed by atoms with E-state index in [1.54, 1.807) is 18.6 Å². The molecule has 2 heterocycles. The number of nitrogens with two attached hydrogens (primary N) is 1. The van der Waals surface area contributed by atoms with Gasteiger partial charge in [-0.1, -0.05) is 18.3 Å². The molecule has 5 nitrogen and oxygen atoms in total. The molecule has 0 amide bonds. The van der Waals surface area contributed by atoms with E-state index in [1.165, 1.54) is 0 Å². The first-order chi connectivity index (χ1) is 8.68. The molecule has 0 aliphatic rings. The summed E-state index contributed by atoms with van der Waals surface area (Å²) in [7, 11) is 0. The molecule has 0 aromatic carbocycles. The highest BCUT2D eigenvalue weighted by Crippen LogP contribution is 2.11. The predicted octanol–water partition coefficient (Wildman–Crippen LogP) is 1.43. The molecular formula is C12H13N5S. The Bertz CT molecular complexity index is 570. The molecule has 0 atom stereocenters. The molecule has 0 saturated heterocycles. The van der Waals surface area contributed by atoms with E-state index in [2.05, 4.69) is 20.3 Å². The first kappa shape index (κ1) is 12.4. The summed E-state index contributed by atoms with van der Waals surface area (Å²) < 4.78 is 0. The third kappa shape index (κ3) is 2.78. The Balaban J connectivity index is 2.16. The summed E-state index contributed by atoms with van der Waals surface area (Å²) in [5.41, 5.74) is 8.16. The average molecular weight is 259 g/mol. The largest absolute Gasteiger partial charge is 0.388 e. The number of thiocarbonyl (C=S) groups is 1. The van der Waals surface area contributed by atoms with E-state index in [0.29, 0.717) is 18.1 Å². The second-order valence-corrected chi connectivity index (χ2v) is 4.18. The van der Waals surface area contributed by atoms with Gasteiger partial charge in [-0.05, 0) is 18.6 Å². The van der Waals surface area contributed by atoms with Crippen molar-refractivity contribution in [3.05, 3.63) is 47.7 Å². The number of aromatic nitrogens is 3. The number of rotatable bonds is 4. The van der Waals surface area contributed by atoms with Gasteiger partial charge in [0.2, 0.25) is 0 Å². The van der Waals surface area contributed by atoms with Crippen molar-refractivity contribution in [3.8, 4) is 0 Å². The fourth-order valence-electron chi connectivity index (χ4n) is 1.52. The minimum Gasteiger partial charge on any atom is -0.388 e. The molecule has 0 saturated carbocycles. The van der Waals surface area contributed by atoms with Crippen LogP contribution in [0.2, 0.25) is 0 Å². The maximum absolute atomic E-state index is 5.59. The van der Waals surface area contributed by atoms with E-state index in [1.807, 2.05) is 19.1 Å². The van der Waals surface area contributed by atoms with Crippen molar-refractivity contribution in [2.24, 2.45) is 5.73 Å². The average Bonchev–Trinajstić information content (AvgIpc) is 2.38. The van der Waals surface area contributed by atoms with Crippen molar-refractivity contribution in [2.75, 3.05) is 5.32 Å². The van der Waals surface area contributed by atoms with Crippen LogP contribution in [0.15, 0.2) is 30.7 Å². The van der Waals surface area contributed by atoms with Crippen molar-refractivity contribution < 1.29 is 0 Å². The second-order valence-electron chi connectivity index (χ2n) is 3.74. The van der Waals surface area contributed by atoms with Crippen molar-refractivity contribution in [2.45, 2.75) is 13.5 Å². The quantitative estimate of drug-likeness (QED) is 0.809. The first-order valence-corrected chi connectivity index (χ1v) is 5.84. The zero-order chi connectivity index (χ0) is 13.0. The van der Waals surface area contributed by atoms with Gasteiger partial charge in [-0.3, -0.25) is 4.98 Å². The summed E-state index contributed by atoms with van der Waals surface area (Å²) in [5, 5.41) is 3.15. The Morgan fingerprint density at radius 2 is 2.06 bits per heavy atom. The Labute approximate surface area is 110 Å². The lowest BCUT2D eigenvalue weighted by Gasteiger charge is -2.09. The second kappa shape index (κ2) is 5.50.